The molecule has 3 rings (SSSR count). The van der Waals surface area contributed by atoms with Crippen LogP contribution in [0.5, 0.6) is 0 Å². The van der Waals surface area contributed by atoms with Crippen molar-refractivity contribution in [1.82, 2.24) is 14.7 Å². The van der Waals surface area contributed by atoms with E-state index in [0.29, 0.717) is 23.1 Å². The molecule has 10 heteroatoms. The van der Waals surface area contributed by atoms with E-state index in [1.165, 1.54) is 18.1 Å². The van der Waals surface area contributed by atoms with Gasteiger partial charge < -0.3 is 19.4 Å². The van der Waals surface area contributed by atoms with E-state index < -0.39 is 12.0 Å². The number of methoxy groups -OCH3 is 1. The van der Waals surface area contributed by atoms with Crippen LogP contribution in [0.4, 0.5) is 0 Å². The number of nitrogens with zero attached hydrogens (tertiary/aromatic N) is 3. The third-order valence-electron chi connectivity index (χ3n) is 6.13. The molecule has 8 nitrogen and oxygen atoms in total. The molecular formula is C24H29Cl2N3O5. The Morgan fingerprint density at radius 3 is 2.41 bits per heavy atom. The lowest BCUT2D eigenvalue weighted by atomic mass is 10.1. The normalized spacial score (nSPS) is 18.1. The van der Waals surface area contributed by atoms with Gasteiger partial charge in [-0.25, -0.2) is 4.79 Å². The Kier molecular flexibility index (Phi) is 9.36. The van der Waals surface area contributed by atoms with E-state index in [1.807, 2.05) is 0 Å². The first-order valence-electron chi connectivity index (χ1n) is 11.4. The molecule has 1 atom stereocenters. The van der Waals surface area contributed by atoms with Crippen LogP contribution in [0.2, 0.25) is 10.0 Å². The smallest absolute Gasteiger partial charge is 0.329 e. The molecule has 2 aliphatic rings. The Morgan fingerprint density at radius 2 is 1.74 bits per heavy atom. The van der Waals surface area contributed by atoms with Crippen LogP contribution in [0.15, 0.2) is 24.3 Å². The van der Waals surface area contributed by atoms with Gasteiger partial charge in [-0.15, -0.1) is 0 Å². The minimum atomic E-state index is -1.01. The summed E-state index contributed by atoms with van der Waals surface area (Å²) in [6.07, 6.45) is 5.93. The van der Waals surface area contributed by atoms with Crippen LogP contribution in [0.25, 0.3) is 6.08 Å². The second kappa shape index (κ2) is 12.2. The fraction of sp³-hybridized carbons (Fsp3) is 0.500. The summed E-state index contributed by atoms with van der Waals surface area (Å²) in [6.45, 7) is 1.91. The molecule has 0 aromatic heterocycles. The van der Waals surface area contributed by atoms with Crippen LogP contribution in [0, 0.1) is 0 Å². The van der Waals surface area contributed by atoms with Gasteiger partial charge in [0.1, 0.15) is 6.04 Å². The quantitative estimate of drug-likeness (QED) is 0.434. The summed E-state index contributed by atoms with van der Waals surface area (Å²) in [5.74, 6) is -1.34. The van der Waals surface area contributed by atoms with Crippen LogP contribution < -0.4 is 0 Å². The number of halogens is 2. The van der Waals surface area contributed by atoms with E-state index in [2.05, 4.69) is 0 Å². The molecule has 0 aliphatic carbocycles. The van der Waals surface area contributed by atoms with Gasteiger partial charge in [-0.2, -0.15) is 0 Å². The average Bonchev–Trinajstić information content (AvgIpc) is 3.04. The molecule has 0 radical (unpaired) electrons. The molecule has 2 aliphatic heterocycles. The van der Waals surface area contributed by atoms with Crippen molar-refractivity contribution in [3.05, 3.63) is 39.9 Å². The van der Waals surface area contributed by atoms with Crippen molar-refractivity contribution < 1.29 is 23.9 Å². The molecule has 0 saturated carbocycles. The number of ether oxygens (including phenoxy) is 1. The van der Waals surface area contributed by atoms with Gasteiger partial charge in [0.05, 0.1) is 23.6 Å². The first-order chi connectivity index (χ1) is 16.3. The highest BCUT2D eigenvalue weighted by Gasteiger charge is 2.36. The Morgan fingerprint density at radius 1 is 1.00 bits per heavy atom. The van der Waals surface area contributed by atoms with Crippen LogP contribution in [-0.4, -0.2) is 84.3 Å². The SMILES string of the molecule is COC(=O)C(CC(=O)N1CCCCC1)N1CCN(C(=O)C=Cc2ccc(Cl)c(Cl)c2)CCC1=O. The topological polar surface area (TPSA) is 87.2 Å². The molecule has 0 spiro atoms. The van der Waals surface area contributed by atoms with Crippen molar-refractivity contribution in [2.45, 2.75) is 38.1 Å². The van der Waals surface area contributed by atoms with E-state index >= 15 is 0 Å². The van der Waals surface area contributed by atoms with Gasteiger partial charge in [0, 0.05) is 45.2 Å². The number of rotatable bonds is 6. The first kappa shape index (κ1) is 26.0. The standard InChI is InChI=1S/C24H29Cl2N3O5/c1-34-24(33)20(16-23(32)27-10-3-2-4-11-27)29-14-13-28(12-9-22(29)31)21(30)8-6-17-5-7-18(25)19(26)15-17/h5-8,15,20H,2-4,9-14,16H2,1H3. The molecule has 0 bridgehead atoms. The number of likely N-dealkylation sites (tertiary alicyclic amines) is 1. The highest BCUT2D eigenvalue weighted by Crippen LogP contribution is 2.23. The minimum Gasteiger partial charge on any atom is -0.467 e. The van der Waals surface area contributed by atoms with E-state index in [4.69, 9.17) is 27.9 Å². The van der Waals surface area contributed by atoms with Crippen LogP contribution in [0.1, 0.15) is 37.7 Å². The molecule has 2 saturated heterocycles. The van der Waals surface area contributed by atoms with Crippen LogP contribution in [-0.2, 0) is 23.9 Å². The zero-order valence-electron chi connectivity index (χ0n) is 19.2. The van der Waals surface area contributed by atoms with Crippen LogP contribution >= 0.6 is 23.2 Å². The lowest BCUT2D eigenvalue weighted by Gasteiger charge is -2.32. The molecule has 1 aromatic rings. The summed E-state index contributed by atoms with van der Waals surface area (Å²) in [5, 5.41) is 0.815. The fourth-order valence-electron chi connectivity index (χ4n) is 4.17. The summed E-state index contributed by atoms with van der Waals surface area (Å²) >= 11 is 11.9. The summed E-state index contributed by atoms with van der Waals surface area (Å²) in [5.41, 5.74) is 0.720. The summed E-state index contributed by atoms with van der Waals surface area (Å²) in [7, 11) is 1.24. The molecule has 2 heterocycles. The molecule has 0 N–H and O–H groups in total. The highest BCUT2D eigenvalue weighted by molar-refractivity contribution is 6.42. The maximum Gasteiger partial charge on any atom is 0.329 e. The Labute approximate surface area is 209 Å². The molecule has 184 valence electrons. The summed E-state index contributed by atoms with van der Waals surface area (Å²) in [4.78, 5) is 55.6. The van der Waals surface area contributed by atoms with Crippen molar-refractivity contribution >= 4 is 53.0 Å². The number of carbonyl (C=O) groups excluding carboxylic acids is 4. The second-order valence-corrected chi connectivity index (χ2v) is 9.17. The van der Waals surface area contributed by atoms with E-state index in [0.717, 1.165) is 24.8 Å². The number of esters is 1. The Hall–Kier alpha value is -2.58. The number of carbonyl (C=O) groups is 4. The molecule has 34 heavy (non-hydrogen) atoms. The monoisotopic (exact) mass is 509 g/mol. The lowest BCUT2D eigenvalue weighted by Crippen LogP contribution is -2.49. The Balaban J connectivity index is 1.66. The zero-order chi connectivity index (χ0) is 24.7. The fourth-order valence-corrected chi connectivity index (χ4v) is 4.48. The lowest BCUT2D eigenvalue weighted by molar-refractivity contribution is -0.155. The van der Waals surface area contributed by atoms with Gasteiger partial charge >= 0.3 is 5.97 Å². The van der Waals surface area contributed by atoms with Gasteiger partial charge in [-0.05, 0) is 43.0 Å². The van der Waals surface area contributed by atoms with Gasteiger partial charge in [0.25, 0.3) is 0 Å². The predicted molar refractivity (Wildman–Crippen MR) is 129 cm³/mol. The second-order valence-electron chi connectivity index (χ2n) is 8.35. The molecular weight excluding hydrogens is 481 g/mol. The van der Waals surface area contributed by atoms with E-state index in [1.54, 1.807) is 34.1 Å². The maximum atomic E-state index is 12.9. The van der Waals surface area contributed by atoms with Crippen molar-refractivity contribution in [1.29, 1.82) is 0 Å². The minimum absolute atomic E-state index is 0.0533. The van der Waals surface area contributed by atoms with E-state index in [9.17, 15) is 19.2 Å². The summed E-state index contributed by atoms with van der Waals surface area (Å²) < 4.78 is 4.91. The molecule has 2 fully saturated rings. The van der Waals surface area contributed by atoms with Gasteiger partial charge in [0.15, 0.2) is 0 Å². The molecule has 1 aromatic carbocycles. The zero-order valence-corrected chi connectivity index (χ0v) is 20.7. The predicted octanol–water partition coefficient (Wildman–Crippen LogP) is 3.01. The van der Waals surface area contributed by atoms with Gasteiger partial charge in [-0.1, -0.05) is 29.3 Å². The van der Waals surface area contributed by atoms with Crippen molar-refractivity contribution in [2.75, 3.05) is 39.8 Å². The van der Waals surface area contributed by atoms with Crippen molar-refractivity contribution in [2.24, 2.45) is 0 Å². The van der Waals surface area contributed by atoms with Crippen molar-refractivity contribution in [3.8, 4) is 0 Å². The first-order valence-corrected chi connectivity index (χ1v) is 12.1. The highest BCUT2D eigenvalue weighted by atomic mass is 35.5. The number of amides is 3. The summed E-state index contributed by atoms with van der Waals surface area (Å²) in [6, 6.07) is 4.04. The van der Waals surface area contributed by atoms with Gasteiger partial charge in [0.2, 0.25) is 17.7 Å². The maximum absolute atomic E-state index is 12.9. The number of hydrogen-bond acceptors (Lipinski definition) is 5. The van der Waals surface area contributed by atoms with Crippen molar-refractivity contribution in [3.63, 3.8) is 0 Å². The number of benzene rings is 1. The Bertz CT molecular complexity index is 962. The molecule has 1 unspecified atom stereocenters. The number of piperidine rings is 1. The number of hydrogen-bond donors (Lipinski definition) is 0. The third-order valence-corrected chi connectivity index (χ3v) is 6.87. The largest absolute Gasteiger partial charge is 0.467 e. The van der Waals surface area contributed by atoms with Gasteiger partial charge in [-0.3, -0.25) is 14.4 Å². The van der Waals surface area contributed by atoms with E-state index in [-0.39, 0.29) is 50.2 Å². The third kappa shape index (κ3) is 6.73. The van der Waals surface area contributed by atoms with Crippen LogP contribution in [0.3, 0.4) is 0 Å². The average molecular weight is 510 g/mol. The molecule has 3 amide bonds.